The molecule has 5 rings (SSSR count). The molecule has 1 aliphatic carbocycles. The van der Waals surface area contributed by atoms with E-state index in [1.807, 2.05) is 0 Å². The first-order chi connectivity index (χ1) is 14.3. The van der Waals surface area contributed by atoms with Gasteiger partial charge in [0.05, 0.1) is 12.1 Å². The number of fused-ring (bicyclic) bond motifs is 2. The summed E-state index contributed by atoms with van der Waals surface area (Å²) >= 11 is 0. The van der Waals surface area contributed by atoms with Gasteiger partial charge >= 0.3 is 0 Å². The van der Waals surface area contributed by atoms with E-state index in [-0.39, 0.29) is 17.2 Å². The summed E-state index contributed by atoms with van der Waals surface area (Å²) in [4.78, 5) is 27.2. The lowest BCUT2D eigenvalue weighted by atomic mass is 9.71. The van der Waals surface area contributed by atoms with Crippen molar-refractivity contribution in [3.05, 3.63) is 53.6 Å². The van der Waals surface area contributed by atoms with Gasteiger partial charge in [-0.3, -0.25) is 9.78 Å². The number of nitrogens with one attached hydrogen (secondary N) is 2. The van der Waals surface area contributed by atoms with E-state index in [9.17, 15) is 4.79 Å². The molecule has 1 saturated heterocycles. The van der Waals surface area contributed by atoms with Crippen LogP contribution in [-0.4, -0.2) is 45.4 Å². The quantitative estimate of drug-likeness (QED) is 0.682. The molecular formula is C24H29N5O. The molecule has 0 bridgehead atoms. The number of carbonyl (C=O) groups is 1. The molecule has 3 aromatic rings. The van der Waals surface area contributed by atoms with Crippen LogP contribution in [0, 0.1) is 5.92 Å². The Balaban J connectivity index is 1.51. The number of likely N-dealkylation sites (tertiary alicyclic amines) is 1. The third-order valence-electron chi connectivity index (χ3n) is 6.85. The first-order valence-electron chi connectivity index (χ1n) is 10.7. The maximum atomic E-state index is 13.0. The highest BCUT2D eigenvalue weighted by Gasteiger charge is 2.42. The van der Waals surface area contributed by atoms with Crippen LogP contribution in [0.4, 0.5) is 5.82 Å². The van der Waals surface area contributed by atoms with E-state index in [2.05, 4.69) is 71.3 Å². The van der Waals surface area contributed by atoms with Gasteiger partial charge in [-0.05, 0) is 48.1 Å². The van der Waals surface area contributed by atoms with Gasteiger partial charge in [-0.25, -0.2) is 4.98 Å². The minimum absolute atomic E-state index is 0.0314. The van der Waals surface area contributed by atoms with Crippen LogP contribution in [0.25, 0.3) is 10.9 Å². The zero-order valence-electron chi connectivity index (χ0n) is 18.1. The number of hydrogen-bond donors (Lipinski definition) is 2. The standard InChI is InChI=1S/C24H29N5O/c1-24(2,3)16-9-18-17-7-15(23(30)28-21-12-25-5-6-26-21)13-29(4)20(17)8-14-11-27-19(10-16)22(14)18/h5-6,9-12,15,17,20,27H,7-8,13H2,1-4H3,(H,26,28,30)/t15-,17?,20-/m1/s1. The molecule has 2 aliphatic rings. The first-order valence-corrected chi connectivity index (χ1v) is 10.7. The van der Waals surface area contributed by atoms with Crippen molar-refractivity contribution in [1.82, 2.24) is 19.9 Å². The van der Waals surface area contributed by atoms with Gasteiger partial charge in [-0.1, -0.05) is 26.8 Å². The number of nitrogens with zero attached hydrogens (tertiary/aromatic N) is 3. The van der Waals surface area contributed by atoms with Gasteiger partial charge in [0.25, 0.3) is 0 Å². The molecule has 2 aromatic heterocycles. The van der Waals surface area contributed by atoms with Gasteiger partial charge in [-0.15, -0.1) is 0 Å². The highest BCUT2D eigenvalue weighted by Crippen LogP contribution is 2.46. The van der Waals surface area contributed by atoms with E-state index in [0.717, 1.165) is 19.4 Å². The summed E-state index contributed by atoms with van der Waals surface area (Å²) in [6, 6.07) is 5.12. The van der Waals surface area contributed by atoms with Crippen molar-refractivity contribution in [2.45, 2.75) is 51.0 Å². The van der Waals surface area contributed by atoms with E-state index in [1.54, 1.807) is 18.6 Å². The average Bonchev–Trinajstić information content (AvgIpc) is 3.12. The van der Waals surface area contributed by atoms with Crippen LogP contribution in [0.3, 0.4) is 0 Å². The largest absolute Gasteiger partial charge is 0.361 e. The molecule has 156 valence electrons. The van der Waals surface area contributed by atoms with Crippen LogP contribution in [0.15, 0.2) is 36.9 Å². The van der Waals surface area contributed by atoms with Crippen LogP contribution in [0.5, 0.6) is 0 Å². The zero-order chi connectivity index (χ0) is 21.0. The predicted molar refractivity (Wildman–Crippen MR) is 119 cm³/mol. The summed E-state index contributed by atoms with van der Waals surface area (Å²) in [5.74, 6) is 0.811. The van der Waals surface area contributed by atoms with Crippen LogP contribution in [-0.2, 0) is 16.6 Å². The molecule has 3 atom stereocenters. The number of H-pyrrole nitrogens is 1. The van der Waals surface area contributed by atoms with Crippen molar-refractivity contribution in [3.8, 4) is 0 Å². The van der Waals surface area contributed by atoms with E-state index in [1.165, 1.54) is 27.6 Å². The lowest BCUT2D eigenvalue weighted by Gasteiger charge is -2.45. The van der Waals surface area contributed by atoms with Crippen LogP contribution < -0.4 is 5.32 Å². The Kier molecular flexibility index (Phi) is 4.43. The van der Waals surface area contributed by atoms with Crippen LogP contribution in [0.2, 0.25) is 0 Å². The molecule has 0 saturated carbocycles. The number of aromatic nitrogens is 3. The summed E-state index contributed by atoms with van der Waals surface area (Å²) in [5, 5.41) is 4.33. The van der Waals surface area contributed by atoms with Crippen molar-refractivity contribution in [3.63, 3.8) is 0 Å². The molecule has 1 aromatic carbocycles. The molecule has 30 heavy (non-hydrogen) atoms. The van der Waals surface area contributed by atoms with E-state index >= 15 is 0 Å². The Bertz CT molecular complexity index is 1100. The number of likely N-dealkylation sites (N-methyl/N-ethyl adjacent to an activating group) is 1. The van der Waals surface area contributed by atoms with Gasteiger partial charge in [0.15, 0.2) is 5.82 Å². The fourth-order valence-corrected chi connectivity index (χ4v) is 5.23. The molecule has 2 N–H and O–H groups in total. The molecule has 0 radical (unpaired) electrons. The Morgan fingerprint density at radius 1 is 1.27 bits per heavy atom. The van der Waals surface area contributed by atoms with E-state index in [4.69, 9.17) is 0 Å². The Morgan fingerprint density at radius 2 is 2.10 bits per heavy atom. The van der Waals surface area contributed by atoms with Crippen molar-refractivity contribution >= 4 is 22.6 Å². The first kappa shape index (κ1) is 19.2. The predicted octanol–water partition coefficient (Wildman–Crippen LogP) is 3.85. The van der Waals surface area contributed by atoms with Crippen LogP contribution >= 0.6 is 0 Å². The van der Waals surface area contributed by atoms with Crippen LogP contribution in [0.1, 0.15) is 49.8 Å². The minimum Gasteiger partial charge on any atom is -0.361 e. The van der Waals surface area contributed by atoms with Gasteiger partial charge in [0, 0.05) is 48.0 Å². The number of benzene rings is 1. The third kappa shape index (κ3) is 3.19. The van der Waals surface area contributed by atoms with Gasteiger partial charge < -0.3 is 15.2 Å². The summed E-state index contributed by atoms with van der Waals surface area (Å²) in [6.45, 7) is 7.54. The molecule has 6 heteroatoms. The highest BCUT2D eigenvalue weighted by atomic mass is 16.2. The summed E-state index contributed by atoms with van der Waals surface area (Å²) in [7, 11) is 2.15. The number of carbonyl (C=O) groups excluding carboxylic acids is 1. The maximum absolute atomic E-state index is 13.0. The average molecular weight is 404 g/mol. The van der Waals surface area contributed by atoms with Gasteiger partial charge in [0.1, 0.15) is 0 Å². The minimum atomic E-state index is -0.0768. The fourth-order valence-electron chi connectivity index (χ4n) is 5.23. The second kappa shape index (κ2) is 6.91. The van der Waals surface area contributed by atoms with Crippen molar-refractivity contribution in [1.29, 1.82) is 0 Å². The molecule has 0 spiro atoms. The zero-order valence-corrected chi connectivity index (χ0v) is 18.1. The molecule has 3 heterocycles. The Morgan fingerprint density at radius 3 is 2.83 bits per heavy atom. The summed E-state index contributed by atoms with van der Waals surface area (Å²) in [5.41, 5.74) is 5.43. The van der Waals surface area contributed by atoms with Crippen molar-refractivity contribution in [2.24, 2.45) is 5.92 Å². The summed E-state index contributed by atoms with van der Waals surface area (Å²) < 4.78 is 0. The molecular weight excluding hydrogens is 374 g/mol. The summed E-state index contributed by atoms with van der Waals surface area (Å²) in [6.07, 6.45) is 8.87. The number of rotatable bonds is 2. The normalized spacial score (nSPS) is 23.9. The van der Waals surface area contributed by atoms with Crippen molar-refractivity contribution < 1.29 is 4.79 Å². The lowest BCUT2D eigenvalue weighted by molar-refractivity contribution is -0.122. The molecule has 1 aliphatic heterocycles. The SMILES string of the molecule is CN1C[C@H](C(=O)Nc2cnccn2)CC2c3cc(C(C)(C)C)cc4[nH]cc(c34)C[C@H]21. The maximum Gasteiger partial charge on any atom is 0.229 e. The fraction of sp³-hybridized carbons (Fsp3) is 0.458. The van der Waals surface area contributed by atoms with Gasteiger partial charge in [0.2, 0.25) is 5.91 Å². The molecule has 1 amide bonds. The number of amides is 1. The Hall–Kier alpha value is -2.73. The molecule has 1 fully saturated rings. The second-order valence-corrected chi connectivity index (χ2v) is 9.88. The highest BCUT2D eigenvalue weighted by molar-refractivity contribution is 5.93. The van der Waals surface area contributed by atoms with Gasteiger partial charge in [-0.2, -0.15) is 0 Å². The number of piperidine rings is 1. The third-order valence-corrected chi connectivity index (χ3v) is 6.85. The van der Waals surface area contributed by atoms with E-state index < -0.39 is 0 Å². The number of hydrogen-bond acceptors (Lipinski definition) is 4. The number of anilines is 1. The number of aromatic amines is 1. The lowest BCUT2D eigenvalue weighted by Crippen LogP contribution is -2.50. The Labute approximate surface area is 177 Å². The second-order valence-electron chi connectivity index (χ2n) is 9.88. The molecule has 1 unspecified atom stereocenters. The van der Waals surface area contributed by atoms with E-state index in [0.29, 0.717) is 17.8 Å². The topological polar surface area (TPSA) is 73.9 Å². The molecule has 6 nitrogen and oxygen atoms in total. The smallest absolute Gasteiger partial charge is 0.229 e. The van der Waals surface area contributed by atoms with Crippen molar-refractivity contribution in [2.75, 3.05) is 18.9 Å². The monoisotopic (exact) mass is 403 g/mol.